The van der Waals surface area contributed by atoms with Crippen molar-refractivity contribution in [3.8, 4) is 11.1 Å². The molecule has 98 heavy (non-hydrogen) atoms. The Kier molecular flexibility index (Phi) is 23.7. The Bertz CT molecular complexity index is 3660. The van der Waals surface area contributed by atoms with Crippen LogP contribution in [0.1, 0.15) is 113 Å². The molecule has 6 aromatic carbocycles. The predicted octanol–water partition coefficient (Wildman–Crippen LogP) is 13.0. The summed E-state index contributed by atoms with van der Waals surface area (Å²) in [5.74, 6) is -1.79. The maximum absolute atomic E-state index is 14.3. The largest absolute Gasteiger partial charge is 0.465 e. The van der Waals surface area contributed by atoms with Crippen LogP contribution in [0.4, 0.5) is 46.9 Å². The highest BCUT2D eigenvalue weighted by Crippen LogP contribution is 2.48. The van der Waals surface area contributed by atoms with E-state index in [2.05, 4.69) is 27.2 Å². The number of hydrogen-bond donors (Lipinski definition) is 2. The minimum absolute atomic E-state index is 0.0167. The van der Waals surface area contributed by atoms with E-state index in [4.69, 9.17) is 9.47 Å². The van der Waals surface area contributed by atoms with Crippen molar-refractivity contribution in [2.75, 3.05) is 123 Å². The highest BCUT2D eigenvalue weighted by atomic mass is 19.4. The highest BCUT2D eigenvalue weighted by molar-refractivity contribution is 5.96. The smallest absolute Gasteiger partial charge is 0.416 e. The van der Waals surface area contributed by atoms with E-state index in [0.717, 1.165) is 66.8 Å². The maximum atomic E-state index is 14.3. The Morgan fingerprint density at radius 2 is 1.29 bits per heavy atom. The fourth-order valence-corrected chi connectivity index (χ4v) is 14.3. The molecule has 1 aliphatic carbocycles. The molecule has 2 atom stereocenters. The third-order valence-corrected chi connectivity index (χ3v) is 20.1. The van der Waals surface area contributed by atoms with Crippen molar-refractivity contribution in [3.05, 3.63) is 190 Å². The average Bonchev–Trinajstić information content (AvgIpc) is 1.53. The number of morpholine rings is 1. The third kappa shape index (κ3) is 17.7. The first-order chi connectivity index (χ1) is 46.9. The van der Waals surface area contributed by atoms with E-state index < -0.39 is 57.9 Å². The van der Waals surface area contributed by atoms with Crippen LogP contribution in [0.25, 0.3) is 11.1 Å². The Balaban J connectivity index is 0.621. The fourth-order valence-electron chi connectivity index (χ4n) is 14.3. The number of anilines is 2. The molecule has 10 rings (SSSR count). The van der Waals surface area contributed by atoms with Gasteiger partial charge in [-0.1, -0.05) is 91.3 Å². The lowest BCUT2D eigenvalue weighted by Crippen LogP contribution is -2.54. The zero-order valence-electron chi connectivity index (χ0n) is 55.8. The third-order valence-electron chi connectivity index (χ3n) is 20.1. The molecule has 0 bridgehead atoms. The fraction of sp³-hybridized carbons (Fsp3) is 0.453. The molecule has 3 heterocycles. The van der Waals surface area contributed by atoms with Crippen LogP contribution in [0, 0.1) is 5.82 Å². The number of para-hydroxylation sites is 1. The number of nitrogens with zero attached hydrogens (tertiary/aromatic N) is 7. The summed E-state index contributed by atoms with van der Waals surface area (Å²) in [5, 5.41) is 13.8. The van der Waals surface area contributed by atoms with Gasteiger partial charge in [0.1, 0.15) is 18.0 Å². The summed E-state index contributed by atoms with van der Waals surface area (Å²) in [4.78, 5) is 79.1. The SMILES string of the molecule is CN(CCN1CCC(N(C(=O)O)c2ccccc2-c2ccccc2)CC1)C(=O)CCCCCNc1ccc(C(=O)N(C)CCCN(C)C(=O)CO[C@H]2Cc3ccccc3C23CCN(CC[C@@]2(c4ccc(F)cc4)CN(C(=O)c4cc(C(F)(F)F)cc(C(F)(F)F)c4)CCO2)CC3)cc1. The Morgan fingerprint density at radius 1 is 0.653 bits per heavy atom. The summed E-state index contributed by atoms with van der Waals surface area (Å²) in [5.41, 5.74) is 1.11. The molecule has 3 fully saturated rings. The van der Waals surface area contributed by atoms with Gasteiger partial charge in [0.15, 0.2) is 0 Å². The van der Waals surface area contributed by atoms with Crippen molar-refractivity contribution < 1.29 is 69.3 Å². The van der Waals surface area contributed by atoms with Gasteiger partial charge in [-0.05, 0) is 154 Å². The van der Waals surface area contributed by atoms with Crippen LogP contribution >= 0.6 is 0 Å². The first-order valence-electron chi connectivity index (χ1n) is 33.8. The summed E-state index contributed by atoms with van der Waals surface area (Å²) in [6.07, 6.45) is -4.46. The molecule has 0 radical (unpaired) electrons. The van der Waals surface area contributed by atoms with Gasteiger partial charge in [-0.3, -0.25) is 24.1 Å². The minimum Gasteiger partial charge on any atom is -0.465 e. The van der Waals surface area contributed by atoms with Crippen LogP contribution < -0.4 is 10.2 Å². The van der Waals surface area contributed by atoms with E-state index in [1.54, 1.807) is 40.9 Å². The molecule has 0 saturated carbocycles. The van der Waals surface area contributed by atoms with Gasteiger partial charge in [0, 0.05) is 120 Å². The normalized spacial score (nSPS) is 18.3. The van der Waals surface area contributed by atoms with Gasteiger partial charge < -0.3 is 49.3 Å². The zero-order valence-corrected chi connectivity index (χ0v) is 55.8. The Hall–Kier alpha value is -8.38. The lowest BCUT2D eigenvalue weighted by Gasteiger charge is -2.46. The molecule has 524 valence electrons. The molecular weight excluding hydrogens is 1270 g/mol. The number of halogens is 7. The number of nitrogens with one attached hydrogen (secondary N) is 1. The predicted molar refractivity (Wildman–Crippen MR) is 360 cm³/mol. The van der Waals surface area contributed by atoms with E-state index in [0.29, 0.717) is 120 Å². The number of alkyl halides is 6. The molecular formula is C75H87F7N8O8. The van der Waals surface area contributed by atoms with Gasteiger partial charge in [-0.2, -0.15) is 26.3 Å². The van der Waals surface area contributed by atoms with E-state index in [1.165, 1.54) is 34.1 Å². The molecule has 2 N–H and O–H groups in total. The van der Waals surface area contributed by atoms with Gasteiger partial charge in [0.25, 0.3) is 11.8 Å². The number of hydrogen-bond acceptors (Lipinski definition) is 10. The quantitative estimate of drug-likeness (QED) is 0.0393. The van der Waals surface area contributed by atoms with Crippen LogP contribution in [-0.4, -0.2) is 189 Å². The highest BCUT2D eigenvalue weighted by Gasteiger charge is 2.50. The number of carbonyl (C=O) groups is 5. The van der Waals surface area contributed by atoms with Gasteiger partial charge in [-0.15, -0.1) is 0 Å². The Labute approximate surface area is 568 Å². The van der Waals surface area contributed by atoms with Crippen LogP contribution in [-0.2, 0) is 48.9 Å². The zero-order chi connectivity index (χ0) is 69.8. The molecule has 4 aliphatic rings. The van der Waals surface area contributed by atoms with Crippen molar-refractivity contribution in [3.63, 3.8) is 0 Å². The van der Waals surface area contributed by atoms with Crippen molar-refractivity contribution in [2.24, 2.45) is 0 Å². The van der Waals surface area contributed by atoms with Crippen LogP contribution in [0.2, 0.25) is 0 Å². The van der Waals surface area contributed by atoms with E-state index in [1.807, 2.05) is 85.9 Å². The maximum Gasteiger partial charge on any atom is 0.416 e. The van der Waals surface area contributed by atoms with E-state index in [-0.39, 0.29) is 68.7 Å². The standard InChI is InChI=1S/C75H87F7N8O8/c1-84(36-14-37-86(3)69(93)54-22-28-61(29-23-54)83-35-13-5-8-21-67(91)85(2)43-44-87-38-30-62(31-39-87)90(71(95)96)65-20-12-10-18-63(65)53-15-6-4-7-16-53)68(92)51-97-66-49-55-17-9-11-19-64(55)72(66)32-40-88(41-33-72)42-34-73(57-24-26-60(76)27-25-57)52-89(45-46-98-73)70(94)56-47-58(74(77,78)79)50-59(48-56)75(80,81)82/h4,6-7,9-12,15-20,22-29,47-48,50,62,66,83H,5,8,13-14,21,30-46,49,51-52H2,1-3H3,(H,95,96)/t66-,73-/m0/s1. The first-order valence-corrected chi connectivity index (χ1v) is 33.8. The second-order valence-electron chi connectivity index (χ2n) is 26.4. The van der Waals surface area contributed by atoms with Crippen molar-refractivity contribution in [2.45, 2.75) is 106 Å². The number of piperidine rings is 2. The molecule has 3 saturated heterocycles. The van der Waals surface area contributed by atoms with Crippen LogP contribution in [0.5, 0.6) is 0 Å². The van der Waals surface area contributed by atoms with Crippen LogP contribution in [0.3, 0.4) is 0 Å². The molecule has 3 aliphatic heterocycles. The summed E-state index contributed by atoms with van der Waals surface area (Å²) in [6.45, 7) is 5.40. The Morgan fingerprint density at radius 3 is 1.97 bits per heavy atom. The minimum atomic E-state index is -5.15. The number of carboxylic acid groups (broad SMARTS) is 1. The summed E-state index contributed by atoms with van der Waals surface area (Å²) >= 11 is 0. The average molecular weight is 1360 g/mol. The second-order valence-corrected chi connectivity index (χ2v) is 26.4. The van der Waals surface area contributed by atoms with Gasteiger partial charge in [0.2, 0.25) is 11.8 Å². The molecule has 23 heteroatoms. The van der Waals surface area contributed by atoms with Crippen LogP contribution in [0.15, 0.2) is 146 Å². The van der Waals surface area contributed by atoms with Crippen molar-refractivity contribution in [1.82, 2.24) is 29.4 Å². The summed E-state index contributed by atoms with van der Waals surface area (Å²) in [6, 6.07) is 39.2. The monoisotopic (exact) mass is 1360 g/mol. The lowest BCUT2D eigenvalue weighted by atomic mass is 9.72. The van der Waals surface area contributed by atoms with Gasteiger partial charge in [0.05, 0.1) is 36.1 Å². The lowest BCUT2D eigenvalue weighted by molar-refractivity contribution is -0.143. The number of likely N-dealkylation sites (N-methyl/N-ethyl adjacent to an activating group) is 2. The van der Waals surface area contributed by atoms with Crippen molar-refractivity contribution >= 4 is 41.1 Å². The summed E-state index contributed by atoms with van der Waals surface area (Å²) < 4.78 is 110. The van der Waals surface area contributed by atoms with Gasteiger partial charge >= 0.3 is 18.4 Å². The topological polar surface area (TPSA) is 159 Å². The second kappa shape index (κ2) is 32.1. The number of rotatable bonds is 26. The number of benzene rings is 6. The number of carbonyl (C=O) groups excluding carboxylic acids is 4. The first kappa shape index (κ1) is 72.4. The van der Waals surface area contributed by atoms with Gasteiger partial charge in [-0.25, -0.2) is 9.18 Å². The number of ether oxygens (including phenoxy) is 2. The van der Waals surface area contributed by atoms with Crippen molar-refractivity contribution in [1.29, 1.82) is 0 Å². The molecule has 1 spiro atoms. The molecule has 0 aromatic heterocycles. The molecule has 6 aromatic rings. The molecule has 16 nitrogen and oxygen atoms in total. The number of likely N-dealkylation sites (tertiary alicyclic amines) is 2. The van der Waals surface area contributed by atoms with E-state index in [9.17, 15) is 59.8 Å². The molecule has 0 unspecified atom stereocenters. The molecule has 5 amide bonds. The summed E-state index contributed by atoms with van der Waals surface area (Å²) in [7, 11) is 5.29. The number of unbranched alkanes of at least 4 members (excludes halogenated alkanes) is 2. The number of fused-ring (bicyclic) bond motifs is 2. The number of amides is 5. The van der Waals surface area contributed by atoms with E-state index >= 15 is 0 Å².